The van der Waals surface area contributed by atoms with Crippen LogP contribution in [0.15, 0.2) is 65.4 Å². The Bertz CT molecular complexity index is 3250. The van der Waals surface area contributed by atoms with Crippen molar-refractivity contribution in [3.05, 3.63) is 111 Å². The summed E-state index contributed by atoms with van der Waals surface area (Å²) >= 11 is 1.30. The Labute approximate surface area is 491 Å². The van der Waals surface area contributed by atoms with Crippen molar-refractivity contribution < 1.29 is 36.7 Å². The Morgan fingerprint density at radius 3 is 2.24 bits per heavy atom. The molecule has 20 nitrogen and oxygen atoms in total. The number of amides is 3. The molecule has 4 aromatic heterocycles. The molecule has 3 aliphatic heterocycles. The van der Waals surface area contributed by atoms with Crippen LogP contribution in [-0.2, 0) is 25.8 Å². The molecule has 3 saturated heterocycles. The van der Waals surface area contributed by atoms with Crippen LogP contribution >= 0.6 is 51.8 Å². The molecular weight excluding hydrogens is 1120 g/mol. The van der Waals surface area contributed by atoms with Gasteiger partial charge < -0.3 is 30.1 Å². The number of aromatic nitrogens is 7. The van der Waals surface area contributed by atoms with Crippen molar-refractivity contribution in [3.8, 4) is 5.75 Å². The molecule has 3 aliphatic rings. The number of piperidine rings is 1. The highest BCUT2D eigenvalue weighted by Crippen LogP contribution is 2.38. The SMILES string of the molecule is CN[C@@H](C)C(=O)N[C@H](C(=O)N1CCC[C@H]1c1nc(C(=O)c2ccc(F)cc2)cs1)C1CCN(C(=O)c2cnc(N3CCN(CCOc4cc5ncnc(Cc6n[nH]c(C)c6C)c5cc4S(=O)(=O)C(C)(C)C)CC3)cn2)CC1.S.S.S. The number of hydrogen-bond donors (Lipinski definition) is 3. The number of hydrogen-bond acceptors (Lipinski definition) is 17. The van der Waals surface area contributed by atoms with Crippen molar-refractivity contribution in [2.24, 2.45) is 5.92 Å². The molecule has 7 heterocycles. The summed E-state index contributed by atoms with van der Waals surface area (Å²) in [6, 6.07) is 6.85. The number of H-pyrrole nitrogens is 1. The Balaban J connectivity index is 0.00000344. The largest absolute Gasteiger partial charge is 0.491 e. The summed E-state index contributed by atoms with van der Waals surface area (Å²) < 4.78 is 46.8. The lowest BCUT2D eigenvalue weighted by molar-refractivity contribution is -0.139. The Hall–Kier alpha value is -5.77. The number of aromatic amines is 1. The van der Waals surface area contributed by atoms with Gasteiger partial charge in [-0.25, -0.2) is 37.7 Å². The zero-order valence-corrected chi connectivity index (χ0v) is 50.6. The number of likely N-dealkylation sites (tertiary alicyclic amines) is 2. The number of thiazole rings is 1. The smallest absolute Gasteiger partial charge is 0.274 e. The van der Waals surface area contributed by atoms with Gasteiger partial charge in [0.15, 0.2) is 9.84 Å². The van der Waals surface area contributed by atoms with Crippen LogP contribution in [0, 0.1) is 25.6 Å². The lowest BCUT2D eigenvalue weighted by atomic mass is 9.88. The summed E-state index contributed by atoms with van der Waals surface area (Å²) in [7, 11) is -2.16. The zero-order valence-electron chi connectivity index (χ0n) is 46.0. The van der Waals surface area contributed by atoms with Crippen molar-refractivity contribution >= 4 is 102 Å². The molecule has 3 atom stereocenters. The molecule has 0 unspecified atom stereocenters. The highest BCUT2D eigenvalue weighted by Gasteiger charge is 2.42. The fourth-order valence-corrected chi connectivity index (χ4v) is 12.3. The number of ketones is 1. The van der Waals surface area contributed by atoms with Crippen LogP contribution in [0.3, 0.4) is 0 Å². The number of halogens is 1. The molecule has 0 saturated carbocycles. The number of carbonyl (C=O) groups is 4. The van der Waals surface area contributed by atoms with E-state index < -0.39 is 32.5 Å². The molecule has 3 N–H and O–H groups in total. The van der Waals surface area contributed by atoms with Crippen LogP contribution in [0.1, 0.15) is 114 Å². The van der Waals surface area contributed by atoms with Crippen molar-refractivity contribution in [1.29, 1.82) is 0 Å². The standard InChI is InChI=1S/C54H66FN13O7S2.3H2S/c1-32-33(2)63-64-39(32)26-40-38-25-46(77(73,74)54(4,5)6)45(27-41(38)60-31-59-40)75-24-23-65-19-21-66(22-20-65)47-29-57-42(28-58-47)52(71)67-17-14-35(15-18-67)48(62-50(70)34(3)56-7)53(72)68-16-8-9-44(68)51-61-43(30-76-51)49(69)36-10-12-37(55)13-11-36;;;/h10-13,25,27-31,34-35,44,48,56H,8-9,14-24,26H2,1-7H3,(H,62,70)(H,63,64);3*1H2/t34-,44-,48-;;;/m0.../s1. The van der Waals surface area contributed by atoms with Crippen molar-refractivity contribution in [3.63, 3.8) is 0 Å². The maximum Gasteiger partial charge on any atom is 0.274 e. The van der Waals surface area contributed by atoms with Crippen molar-refractivity contribution in [2.75, 3.05) is 70.9 Å². The predicted octanol–water partition coefficient (Wildman–Crippen LogP) is 5.60. The van der Waals surface area contributed by atoms with Gasteiger partial charge >= 0.3 is 0 Å². The number of fused-ring (bicyclic) bond motifs is 1. The third-order valence-electron chi connectivity index (χ3n) is 15.2. The Morgan fingerprint density at radius 2 is 1.60 bits per heavy atom. The molecule has 6 aromatic rings. The first-order valence-corrected chi connectivity index (χ1v) is 28.5. The van der Waals surface area contributed by atoms with Gasteiger partial charge in [-0.2, -0.15) is 45.6 Å². The van der Waals surface area contributed by atoms with Crippen LogP contribution in [-0.4, -0.2) is 165 Å². The molecule has 432 valence electrons. The summed E-state index contributed by atoms with van der Waals surface area (Å²) in [4.78, 5) is 85.7. The van der Waals surface area contributed by atoms with Gasteiger partial charge in [0.25, 0.3) is 5.91 Å². The number of sulfone groups is 1. The number of ether oxygens (including phenoxy) is 1. The van der Waals surface area contributed by atoms with Crippen LogP contribution < -0.4 is 20.3 Å². The first kappa shape index (κ1) is 63.4. The van der Waals surface area contributed by atoms with E-state index in [-0.39, 0.29) is 105 Å². The van der Waals surface area contributed by atoms with E-state index in [0.717, 1.165) is 23.4 Å². The average Bonchev–Trinajstić information content (AvgIpc) is 4.26. The molecule has 2 aromatic carbocycles. The first-order chi connectivity index (χ1) is 36.8. The zero-order chi connectivity index (χ0) is 54.8. The van der Waals surface area contributed by atoms with Gasteiger partial charge in [-0.1, -0.05) is 0 Å². The molecular formula is C54H72FN13O7S5. The fraction of sp³-hybridized carbons (Fsp3) is 0.481. The number of nitrogens with zero attached hydrogens (tertiary/aromatic N) is 10. The van der Waals surface area contributed by atoms with Gasteiger partial charge in [-0.05, 0) is 116 Å². The maximum absolute atomic E-state index is 14.6. The number of benzene rings is 2. The average molecular weight is 1190 g/mol. The highest BCUT2D eigenvalue weighted by atomic mass is 32.2. The number of nitrogens with one attached hydrogen (secondary N) is 3. The van der Waals surface area contributed by atoms with E-state index in [1.165, 1.54) is 48.1 Å². The van der Waals surface area contributed by atoms with Crippen molar-refractivity contribution in [2.45, 2.75) is 101 Å². The van der Waals surface area contributed by atoms with Crippen LogP contribution in [0.5, 0.6) is 5.75 Å². The number of rotatable bonds is 17. The third kappa shape index (κ3) is 13.8. The molecule has 0 bridgehead atoms. The number of likely N-dealkylation sites (N-methyl/N-ethyl adjacent to an activating group) is 1. The third-order valence-corrected chi connectivity index (χ3v) is 18.6. The van der Waals surface area contributed by atoms with Gasteiger partial charge in [-0.15, -0.1) is 11.3 Å². The lowest BCUT2D eigenvalue weighted by Crippen LogP contribution is -2.57. The maximum atomic E-state index is 14.6. The van der Waals surface area contributed by atoms with Crippen LogP contribution in [0.25, 0.3) is 10.9 Å². The van der Waals surface area contributed by atoms with E-state index in [2.05, 4.69) is 55.6 Å². The normalized spacial score (nSPS) is 17.0. The number of aryl methyl sites for hydroxylation is 1. The molecule has 0 spiro atoms. The highest BCUT2D eigenvalue weighted by molar-refractivity contribution is 7.92. The minimum absolute atomic E-state index is 0. The van der Waals surface area contributed by atoms with E-state index in [1.54, 1.807) is 68.3 Å². The minimum Gasteiger partial charge on any atom is -0.491 e. The Morgan fingerprint density at radius 1 is 0.887 bits per heavy atom. The van der Waals surface area contributed by atoms with E-state index in [1.807, 2.05) is 13.8 Å². The van der Waals surface area contributed by atoms with Crippen molar-refractivity contribution in [1.82, 2.24) is 60.5 Å². The van der Waals surface area contributed by atoms with E-state index in [0.29, 0.717) is 111 Å². The van der Waals surface area contributed by atoms with Gasteiger partial charge in [0.1, 0.15) is 57.7 Å². The predicted molar refractivity (Wildman–Crippen MR) is 319 cm³/mol. The summed E-state index contributed by atoms with van der Waals surface area (Å²) in [5, 5.41) is 16.3. The molecule has 3 amide bonds. The van der Waals surface area contributed by atoms with Gasteiger partial charge in [0.2, 0.25) is 17.6 Å². The summed E-state index contributed by atoms with van der Waals surface area (Å²) in [6.45, 7) is 15.3. The molecule has 80 heavy (non-hydrogen) atoms. The first-order valence-electron chi connectivity index (χ1n) is 26.1. The second kappa shape index (κ2) is 26.9. The van der Waals surface area contributed by atoms with Gasteiger partial charge in [-0.3, -0.25) is 29.2 Å². The summed E-state index contributed by atoms with van der Waals surface area (Å²) in [5.41, 5.74) is 4.81. The van der Waals surface area contributed by atoms with Gasteiger partial charge in [0, 0.05) is 86.9 Å². The quantitative estimate of drug-likeness (QED) is 0.0942. The lowest BCUT2D eigenvalue weighted by Gasteiger charge is -2.38. The van der Waals surface area contributed by atoms with Crippen LogP contribution in [0.4, 0.5) is 10.2 Å². The number of carbonyl (C=O) groups excluding carboxylic acids is 4. The second-order valence-corrected chi connectivity index (χ2v) is 24.6. The number of piperazine rings is 1. The molecule has 26 heteroatoms. The van der Waals surface area contributed by atoms with E-state index in [9.17, 15) is 32.0 Å². The van der Waals surface area contributed by atoms with E-state index in [4.69, 9.17) is 4.74 Å². The number of anilines is 1. The molecule has 3 fully saturated rings. The molecule has 0 radical (unpaired) electrons. The molecule has 0 aliphatic carbocycles. The molecule has 9 rings (SSSR count). The monoisotopic (exact) mass is 1190 g/mol. The minimum atomic E-state index is -3.84. The fourth-order valence-electron chi connectivity index (χ4n) is 10.0. The Kier molecular flexibility index (Phi) is 21.3. The second-order valence-electron chi connectivity index (χ2n) is 21.0. The topological polar surface area (TPSA) is 242 Å². The summed E-state index contributed by atoms with van der Waals surface area (Å²) in [5.74, 6) is -0.960. The van der Waals surface area contributed by atoms with Crippen LogP contribution in [0.2, 0.25) is 0 Å². The van der Waals surface area contributed by atoms with E-state index >= 15 is 0 Å². The van der Waals surface area contributed by atoms with Gasteiger partial charge in [0.05, 0.1) is 46.1 Å². The summed E-state index contributed by atoms with van der Waals surface area (Å²) in [6.07, 6.45) is 7.30.